The molecule has 0 aliphatic heterocycles. The molecule has 134 valence electrons. The van der Waals surface area contributed by atoms with E-state index in [-0.39, 0.29) is 17.9 Å². The van der Waals surface area contributed by atoms with Crippen LogP contribution in [0.25, 0.3) is 10.6 Å². The zero-order valence-electron chi connectivity index (χ0n) is 15.2. The fourth-order valence-electron chi connectivity index (χ4n) is 3.05. The Kier molecular flexibility index (Phi) is 4.64. The molecule has 2 aromatic rings. The maximum absolute atomic E-state index is 12.6. The molecule has 0 fully saturated rings. The van der Waals surface area contributed by atoms with E-state index in [1.165, 1.54) is 18.3 Å². The topological polar surface area (TPSA) is 80.1 Å². The van der Waals surface area contributed by atoms with E-state index in [0.717, 1.165) is 41.1 Å². The predicted octanol–water partition coefficient (Wildman–Crippen LogP) is 2.74. The van der Waals surface area contributed by atoms with Gasteiger partial charge in [-0.3, -0.25) is 14.3 Å². The van der Waals surface area contributed by atoms with Crippen molar-refractivity contribution in [1.82, 2.24) is 19.7 Å². The van der Waals surface area contributed by atoms with Gasteiger partial charge >= 0.3 is 0 Å². The van der Waals surface area contributed by atoms with Crippen LogP contribution in [-0.2, 0) is 17.6 Å². The molecule has 8 heteroatoms. The van der Waals surface area contributed by atoms with Crippen molar-refractivity contribution in [1.29, 1.82) is 0 Å². The summed E-state index contributed by atoms with van der Waals surface area (Å²) >= 11 is 1.46. The van der Waals surface area contributed by atoms with Gasteiger partial charge in [-0.05, 0) is 33.1 Å². The van der Waals surface area contributed by atoms with Crippen LogP contribution in [-0.4, -0.2) is 45.6 Å². The quantitative estimate of drug-likeness (QED) is 0.911. The lowest BCUT2D eigenvalue weighted by Crippen LogP contribution is -2.23. The van der Waals surface area contributed by atoms with Gasteiger partial charge in [0.05, 0.1) is 16.3 Å². The van der Waals surface area contributed by atoms with Crippen LogP contribution in [0, 0.1) is 0 Å². The van der Waals surface area contributed by atoms with Crippen LogP contribution >= 0.6 is 11.3 Å². The molecular weight excluding hydrogens is 338 g/mol. The second-order valence-electron chi connectivity index (χ2n) is 6.74. The predicted molar refractivity (Wildman–Crippen MR) is 98.1 cm³/mol. The van der Waals surface area contributed by atoms with Crippen LogP contribution in [0.1, 0.15) is 55.0 Å². The third-order valence-corrected chi connectivity index (χ3v) is 5.16. The number of rotatable bonds is 3. The second-order valence-corrected chi connectivity index (χ2v) is 7.74. The third kappa shape index (κ3) is 3.18. The highest BCUT2D eigenvalue weighted by molar-refractivity contribution is 7.19. The minimum atomic E-state index is -0.134. The molecule has 2 heterocycles. The minimum Gasteiger partial charge on any atom is -0.343 e. The van der Waals surface area contributed by atoms with E-state index in [2.05, 4.69) is 29.2 Å². The molecule has 3 rings (SSSR count). The molecule has 1 aliphatic carbocycles. The monoisotopic (exact) mass is 361 g/mol. The molecule has 0 spiro atoms. The van der Waals surface area contributed by atoms with E-state index in [1.807, 2.05) is 4.68 Å². The molecule has 0 atom stereocenters. The third-order valence-electron chi connectivity index (χ3n) is 4.14. The van der Waals surface area contributed by atoms with Crippen LogP contribution in [0.5, 0.6) is 0 Å². The first-order valence-electron chi connectivity index (χ1n) is 8.40. The van der Waals surface area contributed by atoms with Crippen LogP contribution < -0.4 is 5.32 Å². The molecule has 0 saturated carbocycles. The fraction of sp³-hybridized carbons (Fsp3) is 0.529. The number of amides is 2. The van der Waals surface area contributed by atoms with Crippen LogP contribution in [0.15, 0.2) is 0 Å². The van der Waals surface area contributed by atoms with Gasteiger partial charge in [-0.15, -0.1) is 0 Å². The van der Waals surface area contributed by atoms with Gasteiger partial charge in [-0.2, -0.15) is 5.10 Å². The van der Waals surface area contributed by atoms with Crippen molar-refractivity contribution in [2.75, 3.05) is 19.4 Å². The van der Waals surface area contributed by atoms with Crippen LogP contribution in [0.4, 0.5) is 5.13 Å². The summed E-state index contributed by atoms with van der Waals surface area (Å²) in [5, 5.41) is 8.01. The average molecular weight is 361 g/mol. The highest BCUT2D eigenvalue weighted by Gasteiger charge is 2.30. The van der Waals surface area contributed by atoms with E-state index in [4.69, 9.17) is 0 Å². The second kappa shape index (κ2) is 6.59. The van der Waals surface area contributed by atoms with Gasteiger partial charge in [-0.1, -0.05) is 11.3 Å². The number of carbonyl (C=O) groups excluding carboxylic acids is 2. The average Bonchev–Trinajstić information content (AvgIpc) is 3.03. The molecule has 0 saturated heterocycles. The largest absolute Gasteiger partial charge is 0.343 e. The Morgan fingerprint density at radius 1 is 1.28 bits per heavy atom. The number of nitrogens with one attached hydrogen (secondary N) is 1. The number of thiazole rings is 1. The number of carbonyl (C=O) groups is 2. The Balaban J connectivity index is 2.20. The number of hydrogen-bond donors (Lipinski definition) is 1. The molecule has 25 heavy (non-hydrogen) atoms. The first-order chi connectivity index (χ1) is 11.8. The fourth-order valence-corrected chi connectivity index (χ4v) is 4.17. The number of fused-ring (bicyclic) bond motifs is 3. The number of aryl methyl sites for hydroxylation is 1. The highest BCUT2D eigenvalue weighted by Crippen LogP contribution is 2.41. The molecule has 0 unspecified atom stereocenters. The summed E-state index contributed by atoms with van der Waals surface area (Å²) in [6.45, 7) is 5.58. The maximum Gasteiger partial charge on any atom is 0.274 e. The standard InChI is InChI=1S/C17H23N5O2S/c1-9(2)22-14-11(13(20-22)16(24)21(4)5)7-6-8-12-15(14)25-17(19-12)18-10(3)23/h9H,6-8H2,1-5H3,(H,18,19,23). The minimum absolute atomic E-state index is 0.0781. The first kappa shape index (κ1) is 17.6. The van der Waals surface area contributed by atoms with Gasteiger partial charge in [0.2, 0.25) is 5.91 Å². The van der Waals surface area contributed by atoms with E-state index < -0.39 is 0 Å². The van der Waals surface area contributed by atoms with Gasteiger partial charge in [0.1, 0.15) is 0 Å². The Labute approximate surface area is 151 Å². The van der Waals surface area contributed by atoms with Crippen molar-refractivity contribution in [2.45, 2.75) is 46.1 Å². The first-order valence-corrected chi connectivity index (χ1v) is 9.22. The van der Waals surface area contributed by atoms with Crippen molar-refractivity contribution >= 4 is 28.3 Å². The summed E-state index contributed by atoms with van der Waals surface area (Å²) in [5.74, 6) is -0.212. The summed E-state index contributed by atoms with van der Waals surface area (Å²) in [6.07, 6.45) is 2.53. The van der Waals surface area contributed by atoms with Gasteiger partial charge in [0.25, 0.3) is 5.91 Å². The molecule has 7 nitrogen and oxygen atoms in total. The molecular formula is C17H23N5O2S. The summed E-state index contributed by atoms with van der Waals surface area (Å²) in [7, 11) is 3.49. The summed E-state index contributed by atoms with van der Waals surface area (Å²) in [5.41, 5.74) is 3.46. The lowest BCUT2D eigenvalue weighted by Gasteiger charge is -2.10. The molecule has 0 radical (unpaired) electrons. The Morgan fingerprint density at radius 3 is 2.60 bits per heavy atom. The molecule has 2 aromatic heterocycles. The molecule has 1 aliphatic rings. The number of anilines is 1. The Bertz CT molecular complexity index is 834. The van der Waals surface area contributed by atoms with E-state index >= 15 is 0 Å². The van der Waals surface area contributed by atoms with E-state index in [0.29, 0.717) is 10.8 Å². The number of hydrogen-bond acceptors (Lipinski definition) is 5. The van der Waals surface area contributed by atoms with Gasteiger partial charge in [0, 0.05) is 32.6 Å². The SMILES string of the molecule is CC(=O)Nc1nc2c(s1)-c1c(c(C(=O)N(C)C)nn1C(C)C)CCC2. The maximum atomic E-state index is 12.6. The van der Waals surface area contributed by atoms with Crippen LogP contribution in [0.3, 0.4) is 0 Å². The van der Waals surface area contributed by atoms with E-state index in [9.17, 15) is 9.59 Å². The lowest BCUT2D eigenvalue weighted by molar-refractivity contribution is -0.114. The summed E-state index contributed by atoms with van der Waals surface area (Å²) < 4.78 is 1.92. The smallest absolute Gasteiger partial charge is 0.274 e. The molecule has 1 N–H and O–H groups in total. The normalized spacial score (nSPS) is 13.2. The molecule has 0 aromatic carbocycles. The lowest BCUT2D eigenvalue weighted by atomic mass is 10.1. The number of nitrogens with zero attached hydrogens (tertiary/aromatic N) is 4. The van der Waals surface area contributed by atoms with Crippen molar-refractivity contribution in [3.8, 4) is 10.6 Å². The Hall–Kier alpha value is -2.22. The molecule has 0 bridgehead atoms. The zero-order chi connectivity index (χ0) is 18.3. The van der Waals surface area contributed by atoms with Crippen molar-refractivity contribution < 1.29 is 9.59 Å². The van der Waals surface area contributed by atoms with Crippen molar-refractivity contribution in [3.05, 3.63) is 17.0 Å². The van der Waals surface area contributed by atoms with Crippen molar-refractivity contribution in [3.63, 3.8) is 0 Å². The number of aromatic nitrogens is 3. The highest BCUT2D eigenvalue weighted by atomic mass is 32.1. The summed E-state index contributed by atoms with van der Waals surface area (Å²) in [6, 6.07) is 0.120. The Morgan fingerprint density at radius 2 is 2.00 bits per heavy atom. The van der Waals surface area contributed by atoms with Crippen LogP contribution in [0.2, 0.25) is 0 Å². The van der Waals surface area contributed by atoms with Gasteiger partial charge in [-0.25, -0.2) is 4.98 Å². The molecule has 2 amide bonds. The zero-order valence-corrected chi connectivity index (χ0v) is 16.0. The van der Waals surface area contributed by atoms with Gasteiger partial charge in [0.15, 0.2) is 10.8 Å². The van der Waals surface area contributed by atoms with Crippen molar-refractivity contribution in [2.24, 2.45) is 0 Å². The van der Waals surface area contributed by atoms with E-state index in [1.54, 1.807) is 19.0 Å². The summed E-state index contributed by atoms with van der Waals surface area (Å²) in [4.78, 5) is 31.1. The van der Waals surface area contributed by atoms with Gasteiger partial charge < -0.3 is 10.2 Å².